The van der Waals surface area contributed by atoms with Crippen LogP contribution in [0.25, 0.3) is 0 Å². The Labute approximate surface area is 118 Å². The first kappa shape index (κ1) is 16.0. The van der Waals surface area contributed by atoms with Gasteiger partial charge in [0.15, 0.2) is 6.61 Å². The van der Waals surface area contributed by atoms with Crippen molar-refractivity contribution in [3.05, 3.63) is 29.8 Å². The highest BCUT2D eigenvalue weighted by Crippen LogP contribution is 2.18. The van der Waals surface area contributed by atoms with Gasteiger partial charge in [0.25, 0.3) is 5.91 Å². The molecule has 1 amide bonds. The maximum atomic E-state index is 11.9. The van der Waals surface area contributed by atoms with Gasteiger partial charge in [0.05, 0.1) is 13.2 Å². The highest BCUT2D eigenvalue weighted by molar-refractivity contribution is 5.93. The molecule has 110 valence electrons. The van der Waals surface area contributed by atoms with Crippen molar-refractivity contribution in [1.29, 1.82) is 0 Å². The molecule has 1 rings (SSSR count). The molecule has 0 aromatic heterocycles. The third kappa shape index (κ3) is 5.27. The van der Waals surface area contributed by atoms with E-state index in [0.29, 0.717) is 31.1 Å². The number of nitrogens with one attached hydrogen (secondary N) is 1. The summed E-state index contributed by atoms with van der Waals surface area (Å²) in [6.07, 6.45) is 0. The van der Waals surface area contributed by atoms with Gasteiger partial charge in [0.1, 0.15) is 11.3 Å². The summed E-state index contributed by atoms with van der Waals surface area (Å²) in [6, 6.07) is 6.74. The molecule has 1 N–H and O–H groups in total. The number of methoxy groups -OCH3 is 1. The van der Waals surface area contributed by atoms with Crippen molar-refractivity contribution in [3.63, 3.8) is 0 Å². The Hall–Kier alpha value is -2.08. The van der Waals surface area contributed by atoms with Crippen LogP contribution >= 0.6 is 0 Å². The number of rotatable bonds is 8. The van der Waals surface area contributed by atoms with Crippen molar-refractivity contribution in [2.24, 2.45) is 0 Å². The molecule has 0 fully saturated rings. The molecule has 0 aliphatic carbocycles. The fourth-order valence-electron chi connectivity index (χ4n) is 1.47. The van der Waals surface area contributed by atoms with E-state index in [9.17, 15) is 9.59 Å². The van der Waals surface area contributed by atoms with E-state index in [0.717, 1.165) is 0 Å². The average Bonchev–Trinajstić information content (AvgIpc) is 2.46. The minimum atomic E-state index is -0.587. The third-order valence-corrected chi connectivity index (χ3v) is 2.37. The molecule has 0 atom stereocenters. The minimum Gasteiger partial charge on any atom is -0.493 e. The summed E-state index contributed by atoms with van der Waals surface area (Å²) in [6.45, 7) is 2.73. The van der Waals surface area contributed by atoms with E-state index < -0.39 is 5.97 Å². The maximum Gasteiger partial charge on any atom is 0.342 e. The van der Waals surface area contributed by atoms with Crippen LogP contribution in [0.3, 0.4) is 0 Å². The van der Waals surface area contributed by atoms with Crippen LogP contribution in [0, 0.1) is 0 Å². The van der Waals surface area contributed by atoms with Gasteiger partial charge in [0.2, 0.25) is 0 Å². The highest BCUT2D eigenvalue weighted by Gasteiger charge is 2.14. The second kappa shape index (κ2) is 8.92. The van der Waals surface area contributed by atoms with E-state index in [1.54, 1.807) is 24.3 Å². The molecular weight excluding hydrogens is 262 g/mol. The molecule has 0 aliphatic rings. The second-order valence-corrected chi connectivity index (χ2v) is 3.85. The molecule has 0 radical (unpaired) electrons. The number of amides is 1. The Morgan fingerprint density at radius 3 is 2.70 bits per heavy atom. The lowest BCUT2D eigenvalue weighted by Crippen LogP contribution is -2.31. The van der Waals surface area contributed by atoms with E-state index >= 15 is 0 Å². The monoisotopic (exact) mass is 281 g/mol. The van der Waals surface area contributed by atoms with Gasteiger partial charge in [-0.15, -0.1) is 0 Å². The van der Waals surface area contributed by atoms with Crippen LogP contribution < -0.4 is 10.1 Å². The SMILES string of the molecule is CCOc1ccccc1C(=O)OCC(=O)NCCOC. The van der Waals surface area contributed by atoms with Crippen molar-refractivity contribution in [3.8, 4) is 5.75 Å². The Kier molecular flexibility index (Phi) is 7.13. The Morgan fingerprint density at radius 2 is 2.00 bits per heavy atom. The topological polar surface area (TPSA) is 73.9 Å². The summed E-state index contributed by atoms with van der Waals surface area (Å²) in [5.74, 6) is -0.514. The zero-order valence-electron chi connectivity index (χ0n) is 11.7. The first-order valence-electron chi connectivity index (χ1n) is 6.33. The summed E-state index contributed by atoms with van der Waals surface area (Å²) in [5, 5.41) is 2.56. The lowest BCUT2D eigenvalue weighted by Gasteiger charge is -2.10. The van der Waals surface area contributed by atoms with Gasteiger partial charge < -0.3 is 19.5 Å². The quantitative estimate of drug-likeness (QED) is 0.568. The van der Waals surface area contributed by atoms with Crippen LogP contribution in [-0.4, -0.2) is 45.4 Å². The van der Waals surface area contributed by atoms with E-state index in [1.807, 2.05) is 6.92 Å². The van der Waals surface area contributed by atoms with Crippen molar-refractivity contribution < 1.29 is 23.8 Å². The lowest BCUT2D eigenvalue weighted by molar-refractivity contribution is -0.124. The summed E-state index contributed by atoms with van der Waals surface area (Å²) in [5.41, 5.74) is 0.305. The Balaban J connectivity index is 2.48. The van der Waals surface area contributed by atoms with Gasteiger partial charge in [-0.2, -0.15) is 0 Å². The van der Waals surface area contributed by atoms with Gasteiger partial charge in [-0.3, -0.25) is 4.79 Å². The first-order chi connectivity index (χ1) is 9.69. The second-order valence-electron chi connectivity index (χ2n) is 3.85. The van der Waals surface area contributed by atoms with E-state index in [1.165, 1.54) is 7.11 Å². The number of hydrogen-bond donors (Lipinski definition) is 1. The van der Waals surface area contributed by atoms with E-state index in [2.05, 4.69) is 5.32 Å². The molecule has 0 heterocycles. The zero-order chi connectivity index (χ0) is 14.8. The summed E-state index contributed by atoms with van der Waals surface area (Å²) < 4.78 is 15.1. The predicted molar refractivity (Wildman–Crippen MR) is 72.8 cm³/mol. The fraction of sp³-hybridized carbons (Fsp3) is 0.429. The standard InChI is InChI=1S/C14H19NO5/c1-3-19-12-7-5-4-6-11(12)14(17)20-10-13(16)15-8-9-18-2/h4-7H,3,8-10H2,1-2H3,(H,15,16). The molecule has 0 bridgehead atoms. The molecule has 0 unspecified atom stereocenters. The summed E-state index contributed by atoms with van der Waals surface area (Å²) >= 11 is 0. The van der Waals surface area contributed by atoms with Gasteiger partial charge >= 0.3 is 5.97 Å². The van der Waals surface area contributed by atoms with Gasteiger partial charge in [-0.05, 0) is 19.1 Å². The van der Waals surface area contributed by atoms with Gasteiger partial charge in [-0.1, -0.05) is 12.1 Å². The van der Waals surface area contributed by atoms with Crippen LogP contribution in [-0.2, 0) is 14.3 Å². The number of ether oxygens (including phenoxy) is 3. The normalized spacial score (nSPS) is 9.90. The molecule has 20 heavy (non-hydrogen) atoms. The molecule has 1 aromatic carbocycles. The first-order valence-corrected chi connectivity index (χ1v) is 6.33. The Morgan fingerprint density at radius 1 is 1.25 bits per heavy atom. The van der Waals surface area contributed by atoms with Crippen molar-refractivity contribution >= 4 is 11.9 Å². The molecule has 0 saturated carbocycles. The number of carbonyl (C=O) groups is 2. The number of hydrogen-bond acceptors (Lipinski definition) is 5. The fourth-order valence-corrected chi connectivity index (χ4v) is 1.47. The van der Waals surface area contributed by atoms with Crippen molar-refractivity contribution in [2.75, 3.05) is 33.5 Å². The van der Waals surface area contributed by atoms with Crippen LogP contribution in [0.2, 0.25) is 0 Å². The van der Waals surface area contributed by atoms with Crippen molar-refractivity contribution in [2.45, 2.75) is 6.92 Å². The van der Waals surface area contributed by atoms with Crippen molar-refractivity contribution in [1.82, 2.24) is 5.32 Å². The average molecular weight is 281 g/mol. The van der Waals surface area contributed by atoms with Crippen LogP contribution in [0.1, 0.15) is 17.3 Å². The number of esters is 1. The zero-order valence-corrected chi connectivity index (χ0v) is 11.7. The molecule has 6 nitrogen and oxygen atoms in total. The predicted octanol–water partition coefficient (Wildman–Crippen LogP) is 1.00. The molecular formula is C14H19NO5. The number of carbonyl (C=O) groups excluding carboxylic acids is 2. The van der Waals surface area contributed by atoms with Crippen LogP contribution in [0.15, 0.2) is 24.3 Å². The molecule has 6 heteroatoms. The third-order valence-electron chi connectivity index (χ3n) is 2.37. The number of benzene rings is 1. The highest BCUT2D eigenvalue weighted by atomic mass is 16.5. The maximum absolute atomic E-state index is 11.9. The number of para-hydroxylation sites is 1. The van der Waals surface area contributed by atoms with Crippen LogP contribution in [0.5, 0.6) is 5.75 Å². The van der Waals surface area contributed by atoms with Crippen LogP contribution in [0.4, 0.5) is 0 Å². The van der Waals surface area contributed by atoms with E-state index in [4.69, 9.17) is 14.2 Å². The largest absolute Gasteiger partial charge is 0.493 e. The summed E-state index contributed by atoms with van der Waals surface area (Å²) in [4.78, 5) is 23.3. The van der Waals surface area contributed by atoms with E-state index in [-0.39, 0.29) is 12.5 Å². The lowest BCUT2D eigenvalue weighted by atomic mass is 10.2. The Bertz CT molecular complexity index is 447. The molecule has 1 aromatic rings. The minimum absolute atomic E-state index is 0.305. The molecule has 0 saturated heterocycles. The summed E-state index contributed by atoms with van der Waals surface area (Å²) in [7, 11) is 1.54. The molecule has 0 aliphatic heterocycles. The van der Waals surface area contributed by atoms with Gasteiger partial charge in [0, 0.05) is 13.7 Å². The molecule has 0 spiro atoms. The smallest absolute Gasteiger partial charge is 0.342 e. The van der Waals surface area contributed by atoms with Gasteiger partial charge in [-0.25, -0.2) is 4.79 Å².